The van der Waals surface area contributed by atoms with Gasteiger partial charge < -0.3 is 19.7 Å². The van der Waals surface area contributed by atoms with Gasteiger partial charge >= 0.3 is 5.97 Å². The lowest BCUT2D eigenvalue weighted by Gasteiger charge is -2.23. The molecule has 1 aromatic carbocycles. The van der Waals surface area contributed by atoms with Crippen molar-refractivity contribution in [1.29, 1.82) is 0 Å². The standard InChI is InChI=1S/C12H13BrO5/c1-2-6-7(10(14)12(15)16)5-8-11(9(6)13)18-4-3-17-8/h5,10,14H,2-4H2,1H3,(H,15,16). The number of hydrogen-bond acceptors (Lipinski definition) is 4. The van der Waals surface area contributed by atoms with Gasteiger partial charge in [0.05, 0.1) is 4.47 Å². The van der Waals surface area contributed by atoms with Gasteiger partial charge in [-0.2, -0.15) is 0 Å². The summed E-state index contributed by atoms with van der Waals surface area (Å²) in [7, 11) is 0. The maximum Gasteiger partial charge on any atom is 0.337 e. The van der Waals surface area contributed by atoms with Crippen molar-refractivity contribution in [2.75, 3.05) is 13.2 Å². The summed E-state index contributed by atoms with van der Waals surface area (Å²) in [6.07, 6.45) is -0.983. The summed E-state index contributed by atoms with van der Waals surface area (Å²) in [4.78, 5) is 10.9. The molecule has 1 heterocycles. The molecule has 1 atom stereocenters. The Morgan fingerprint density at radius 1 is 1.50 bits per heavy atom. The molecule has 1 aromatic rings. The lowest BCUT2D eigenvalue weighted by Crippen LogP contribution is -2.19. The molecular weight excluding hydrogens is 304 g/mol. The number of rotatable bonds is 3. The number of halogens is 1. The van der Waals surface area contributed by atoms with Crippen LogP contribution >= 0.6 is 15.9 Å². The Hall–Kier alpha value is -1.27. The molecule has 0 aromatic heterocycles. The molecule has 0 bridgehead atoms. The molecule has 0 amide bonds. The van der Waals surface area contributed by atoms with Crippen molar-refractivity contribution < 1.29 is 24.5 Å². The van der Waals surface area contributed by atoms with Gasteiger partial charge in [0.25, 0.3) is 0 Å². The third-order valence-electron chi connectivity index (χ3n) is 2.79. The number of ether oxygens (including phenoxy) is 2. The molecule has 1 aliphatic rings. The number of benzene rings is 1. The third kappa shape index (κ3) is 2.18. The molecule has 18 heavy (non-hydrogen) atoms. The summed E-state index contributed by atoms with van der Waals surface area (Å²) >= 11 is 3.39. The Morgan fingerprint density at radius 2 is 2.17 bits per heavy atom. The highest BCUT2D eigenvalue weighted by Crippen LogP contribution is 2.43. The second-order valence-electron chi connectivity index (χ2n) is 3.88. The van der Waals surface area contributed by atoms with Gasteiger partial charge in [0.1, 0.15) is 13.2 Å². The van der Waals surface area contributed by atoms with Crippen molar-refractivity contribution >= 4 is 21.9 Å². The van der Waals surface area contributed by atoms with Gasteiger partial charge in [0.15, 0.2) is 17.6 Å². The van der Waals surface area contributed by atoms with Crippen molar-refractivity contribution in [1.82, 2.24) is 0 Å². The van der Waals surface area contributed by atoms with Crippen LogP contribution in [0.2, 0.25) is 0 Å². The first-order valence-corrected chi connectivity index (χ1v) is 6.37. The van der Waals surface area contributed by atoms with Crippen molar-refractivity contribution in [3.05, 3.63) is 21.7 Å². The molecule has 0 aliphatic carbocycles. The lowest BCUT2D eigenvalue weighted by atomic mass is 9.99. The second-order valence-corrected chi connectivity index (χ2v) is 4.67. The maximum atomic E-state index is 10.9. The molecule has 6 heteroatoms. The van der Waals surface area contributed by atoms with Crippen LogP contribution in [0.1, 0.15) is 24.2 Å². The van der Waals surface area contributed by atoms with Crippen LogP contribution < -0.4 is 9.47 Å². The molecule has 5 nitrogen and oxygen atoms in total. The summed E-state index contributed by atoms with van der Waals surface area (Å²) in [6, 6.07) is 1.54. The van der Waals surface area contributed by atoms with Crippen molar-refractivity contribution in [3.8, 4) is 11.5 Å². The van der Waals surface area contributed by atoms with Gasteiger partial charge in [-0.3, -0.25) is 0 Å². The van der Waals surface area contributed by atoms with Gasteiger partial charge in [-0.15, -0.1) is 0 Å². The van der Waals surface area contributed by atoms with E-state index in [1.807, 2.05) is 6.92 Å². The number of fused-ring (bicyclic) bond motifs is 1. The number of hydrogen-bond donors (Lipinski definition) is 2. The third-order valence-corrected chi connectivity index (χ3v) is 3.63. The van der Waals surface area contributed by atoms with Crippen molar-refractivity contribution in [2.24, 2.45) is 0 Å². The van der Waals surface area contributed by atoms with Gasteiger partial charge in [0, 0.05) is 0 Å². The predicted octanol–water partition coefficient (Wildman–Crippen LogP) is 1.90. The van der Waals surface area contributed by atoms with E-state index < -0.39 is 12.1 Å². The molecule has 1 aliphatic heterocycles. The van der Waals surface area contributed by atoms with E-state index in [2.05, 4.69) is 15.9 Å². The van der Waals surface area contributed by atoms with Crippen LogP contribution in [-0.4, -0.2) is 29.4 Å². The van der Waals surface area contributed by atoms with Gasteiger partial charge in [-0.05, 0) is 39.5 Å². The first kappa shape index (κ1) is 13.2. The van der Waals surface area contributed by atoms with Gasteiger partial charge in [-0.25, -0.2) is 4.79 Å². The zero-order valence-corrected chi connectivity index (χ0v) is 11.4. The zero-order valence-electron chi connectivity index (χ0n) is 9.77. The molecule has 98 valence electrons. The number of aliphatic carboxylic acids is 1. The number of carboxylic acid groups (broad SMARTS) is 1. The van der Waals surface area contributed by atoms with E-state index >= 15 is 0 Å². The number of carbonyl (C=O) groups is 1. The fourth-order valence-electron chi connectivity index (χ4n) is 1.94. The second kappa shape index (κ2) is 5.16. The van der Waals surface area contributed by atoms with Crippen LogP contribution in [0.4, 0.5) is 0 Å². The number of aliphatic hydroxyl groups excluding tert-OH is 1. The Kier molecular flexibility index (Phi) is 3.77. The molecule has 0 fully saturated rings. The number of aliphatic hydroxyl groups is 1. The van der Waals surface area contributed by atoms with Crippen LogP contribution in [0.25, 0.3) is 0 Å². The van der Waals surface area contributed by atoms with E-state index in [4.69, 9.17) is 14.6 Å². The van der Waals surface area contributed by atoms with Crippen LogP contribution in [0.15, 0.2) is 10.5 Å². The van der Waals surface area contributed by atoms with E-state index in [-0.39, 0.29) is 0 Å². The molecule has 1 unspecified atom stereocenters. The Bertz CT molecular complexity index is 486. The van der Waals surface area contributed by atoms with E-state index in [0.29, 0.717) is 46.7 Å². The summed E-state index contributed by atoms with van der Waals surface area (Å²) < 4.78 is 11.6. The fraction of sp³-hybridized carbons (Fsp3) is 0.417. The molecule has 2 rings (SSSR count). The average molecular weight is 317 g/mol. The molecule has 2 N–H and O–H groups in total. The maximum absolute atomic E-state index is 10.9. The number of carboxylic acids is 1. The molecular formula is C12H13BrO5. The highest BCUT2D eigenvalue weighted by atomic mass is 79.9. The van der Waals surface area contributed by atoms with Crippen LogP contribution in [0, 0.1) is 0 Å². The Balaban J connectivity index is 2.58. The lowest BCUT2D eigenvalue weighted by molar-refractivity contribution is -0.147. The summed E-state index contributed by atoms with van der Waals surface area (Å²) in [5.41, 5.74) is 1.05. The average Bonchev–Trinajstić information content (AvgIpc) is 2.37. The van der Waals surface area contributed by atoms with Crippen LogP contribution in [-0.2, 0) is 11.2 Å². The first-order valence-electron chi connectivity index (χ1n) is 5.58. The Labute approximate surface area is 112 Å². The topological polar surface area (TPSA) is 76.0 Å². The summed E-state index contributed by atoms with van der Waals surface area (Å²) in [5, 5.41) is 18.6. The fourth-order valence-corrected chi connectivity index (χ4v) is 2.76. The molecule has 0 saturated heterocycles. The minimum atomic E-state index is -1.56. The van der Waals surface area contributed by atoms with Crippen LogP contribution in [0.3, 0.4) is 0 Å². The van der Waals surface area contributed by atoms with Crippen molar-refractivity contribution in [2.45, 2.75) is 19.4 Å². The Morgan fingerprint density at radius 3 is 2.78 bits per heavy atom. The monoisotopic (exact) mass is 316 g/mol. The normalized spacial score (nSPS) is 15.3. The quantitative estimate of drug-likeness (QED) is 0.890. The first-order chi connectivity index (χ1) is 8.56. The highest BCUT2D eigenvalue weighted by Gasteiger charge is 2.26. The molecule has 0 saturated carbocycles. The SMILES string of the molecule is CCc1c(C(O)C(=O)O)cc2c(c1Br)OCCO2. The van der Waals surface area contributed by atoms with Crippen LogP contribution in [0.5, 0.6) is 11.5 Å². The van der Waals surface area contributed by atoms with E-state index in [0.717, 1.165) is 0 Å². The van der Waals surface area contributed by atoms with Gasteiger partial charge in [0.2, 0.25) is 0 Å². The summed E-state index contributed by atoms with van der Waals surface area (Å²) in [5.74, 6) is -0.256. The zero-order chi connectivity index (χ0) is 13.3. The van der Waals surface area contributed by atoms with Crippen molar-refractivity contribution in [3.63, 3.8) is 0 Å². The van der Waals surface area contributed by atoms with E-state index in [1.165, 1.54) is 6.07 Å². The minimum absolute atomic E-state index is 0.334. The molecule has 0 spiro atoms. The summed E-state index contributed by atoms with van der Waals surface area (Å²) in [6.45, 7) is 2.75. The van der Waals surface area contributed by atoms with E-state index in [1.54, 1.807) is 0 Å². The highest BCUT2D eigenvalue weighted by molar-refractivity contribution is 9.10. The predicted molar refractivity (Wildman–Crippen MR) is 67.1 cm³/mol. The largest absolute Gasteiger partial charge is 0.486 e. The minimum Gasteiger partial charge on any atom is -0.486 e. The van der Waals surface area contributed by atoms with E-state index in [9.17, 15) is 9.90 Å². The van der Waals surface area contributed by atoms with Gasteiger partial charge in [-0.1, -0.05) is 6.92 Å². The smallest absolute Gasteiger partial charge is 0.337 e. The molecule has 0 radical (unpaired) electrons.